The van der Waals surface area contributed by atoms with Gasteiger partial charge in [0.05, 0.1) is 16.8 Å². The zero-order valence-electron chi connectivity index (χ0n) is 18.7. The predicted octanol–water partition coefficient (Wildman–Crippen LogP) is 2.48. The number of aromatic nitrogens is 3. The van der Waals surface area contributed by atoms with Crippen molar-refractivity contribution in [2.45, 2.75) is 52.1 Å². The van der Waals surface area contributed by atoms with Crippen LogP contribution >= 0.6 is 0 Å². The molecule has 0 aliphatic carbocycles. The molecule has 4 heterocycles. The van der Waals surface area contributed by atoms with E-state index in [4.69, 9.17) is 4.52 Å². The van der Waals surface area contributed by atoms with E-state index in [2.05, 4.69) is 22.1 Å². The first kappa shape index (κ1) is 20.9. The number of carbonyl (C=O) groups is 1. The van der Waals surface area contributed by atoms with Gasteiger partial charge in [-0.15, -0.1) is 0 Å². The highest BCUT2D eigenvalue weighted by molar-refractivity contribution is 5.83. The van der Waals surface area contributed by atoms with E-state index in [0.29, 0.717) is 18.5 Å². The van der Waals surface area contributed by atoms with Crippen molar-refractivity contribution < 1.29 is 9.32 Å². The maximum Gasteiger partial charge on any atom is 0.275 e. The second-order valence-electron chi connectivity index (χ2n) is 8.84. The van der Waals surface area contributed by atoms with Crippen LogP contribution in [0.3, 0.4) is 0 Å². The molecule has 168 valence electrons. The molecule has 1 amide bonds. The maximum absolute atomic E-state index is 13.0. The van der Waals surface area contributed by atoms with E-state index in [1.54, 1.807) is 6.07 Å². The van der Waals surface area contributed by atoms with E-state index in [1.807, 2.05) is 30.0 Å². The van der Waals surface area contributed by atoms with Crippen molar-refractivity contribution in [2.75, 3.05) is 26.2 Å². The third-order valence-corrected chi connectivity index (χ3v) is 6.95. The van der Waals surface area contributed by atoms with Gasteiger partial charge in [-0.25, -0.2) is 4.68 Å². The summed E-state index contributed by atoms with van der Waals surface area (Å²) in [5.41, 5.74) is 2.89. The number of piperidine rings is 1. The number of aryl methyl sites for hydroxylation is 1. The molecule has 0 atom stereocenters. The van der Waals surface area contributed by atoms with Crippen LogP contribution in [0.15, 0.2) is 33.6 Å². The Labute approximate surface area is 186 Å². The van der Waals surface area contributed by atoms with Gasteiger partial charge in [-0.1, -0.05) is 30.3 Å². The zero-order chi connectivity index (χ0) is 22.2. The van der Waals surface area contributed by atoms with Crippen LogP contribution in [-0.2, 0) is 24.3 Å². The van der Waals surface area contributed by atoms with Gasteiger partial charge >= 0.3 is 0 Å². The van der Waals surface area contributed by atoms with Gasteiger partial charge in [-0.2, -0.15) is 5.10 Å². The number of fused-ring (bicyclic) bond motifs is 2. The molecule has 0 radical (unpaired) electrons. The fraction of sp³-hybridized carbons (Fsp3) is 0.500. The molecule has 8 nitrogen and oxygen atoms in total. The third kappa shape index (κ3) is 3.72. The van der Waals surface area contributed by atoms with E-state index < -0.39 is 0 Å². The van der Waals surface area contributed by atoms with Crippen molar-refractivity contribution in [3.63, 3.8) is 0 Å². The molecule has 0 unspecified atom stereocenters. The molecule has 5 rings (SSSR count). The van der Waals surface area contributed by atoms with Gasteiger partial charge in [-0.05, 0) is 32.4 Å². The van der Waals surface area contributed by atoms with Crippen molar-refractivity contribution >= 4 is 16.7 Å². The van der Waals surface area contributed by atoms with Crippen LogP contribution in [0.4, 0.5) is 0 Å². The molecule has 1 saturated heterocycles. The molecule has 32 heavy (non-hydrogen) atoms. The summed E-state index contributed by atoms with van der Waals surface area (Å²) in [5.74, 6) is 1.23. The zero-order valence-corrected chi connectivity index (χ0v) is 18.7. The summed E-state index contributed by atoms with van der Waals surface area (Å²) in [6.45, 7) is 8.28. The number of likely N-dealkylation sites (tertiary alicyclic amines) is 1. The molecule has 2 aromatic heterocycles. The van der Waals surface area contributed by atoms with Gasteiger partial charge < -0.3 is 9.42 Å². The quantitative estimate of drug-likeness (QED) is 0.626. The summed E-state index contributed by atoms with van der Waals surface area (Å²) >= 11 is 0. The highest BCUT2D eigenvalue weighted by Crippen LogP contribution is 2.34. The van der Waals surface area contributed by atoms with Crippen LogP contribution in [0.1, 0.15) is 48.4 Å². The summed E-state index contributed by atoms with van der Waals surface area (Å²) in [4.78, 5) is 30.0. The van der Waals surface area contributed by atoms with E-state index in [-0.39, 0.29) is 23.9 Å². The van der Waals surface area contributed by atoms with Crippen LogP contribution in [0.5, 0.6) is 0 Å². The van der Waals surface area contributed by atoms with E-state index in [1.165, 1.54) is 10.2 Å². The minimum Gasteiger partial charge on any atom is -0.360 e. The first-order valence-corrected chi connectivity index (χ1v) is 11.5. The van der Waals surface area contributed by atoms with Crippen LogP contribution < -0.4 is 5.56 Å². The molecule has 0 spiro atoms. The molecular weight excluding hydrogens is 406 g/mol. The van der Waals surface area contributed by atoms with Crippen molar-refractivity contribution in [1.29, 1.82) is 0 Å². The van der Waals surface area contributed by atoms with Crippen LogP contribution in [0.25, 0.3) is 10.8 Å². The summed E-state index contributed by atoms with van der Waals surface area (Å²) in [5, 5.41) is 10.1. The number of likely N-dealkylation sites (N-methyl/N-ethyl adjacent to an activating group) is 1. The van der Waals surface area contributed by atoms with Crippen molar-refractivity contribution in [2.24, 2.45) is 0 Å². The number of carbonyl (C=O) groups excluding carboxylic acids is 1. The maximum atomic E-state index is 13.0. The Kier molecular flexibility index (Phi) is 5.55. The lowest BCUT2D eigenvalue weighted by Gasteiger charge is -2.32. The Morgan fingerprint density at radius 1 is 1.16 bits per heavy atom. The summed E-state index contributed by atoms with van der Waals surface area (Å²) in [6, 6.07) is 7.40. The average molecular weight is 436 g/mol. The predicted molar refractivity (Wildman–Crippen MR) is 120 cm³/mol. The highest BCUT2D eigenvalue weighted by atomic mass is 16.5. The smallest absolute Gasteiger partial charge is 0.275 e. The normalized spacial score (nSPS) is 17.6. The number of hydrogen-bond donors (Lipinski definition) is 0. The number of benzene rings is 1. The van der Waals surface area contributed by atoms with Crippen molar-refractivity contribution in [1.82, 2.24) is 24.7 Å². The van der Waals surface area contributed by atoms with Crippen LogP contribution in [-0.4, -0.2) is 56.8 Å². The Balaban J connectivity index is 1.26. The fourth-order valence-corrected chi connectivity index (χ4v) is 5.01. The van der Waals surface area contributed by atoms with Crippen LogP contribution in [0, 0.1) is 6.92 Å². The molecule has 2 aliphatic rings. The van der Waals surface area contributed by atoms with Crippen molar-refractivity contribution in [3.05, 3.63) is 57.3 Å². The van der Waals surface area contributed by atoms with Crippen molar-refractivity contribution in [3.8, 4) is 0 Å². The number of hydrogen-bond acceptors (Lipinski definition) is 6. The number of rotatable bonds is 4. The second-order valence-corrected chi connectivity index (χ2v) is 8.84. The molecule has 0 bridgehead atoms. The minimum absolute atomic E-state index is 0.0294. The molecule has 1 aromatic carbocycles. The van der Waals surface area contributed by atoms with Gasteiger partial charge in [0.15, 0.2) is 0 Å². The molecule has 8 heteroatoms. The summed E-state index contributed by atoms with van der Waals surface area (Å²) < 4.78 is 7.08. The monoisotopic (exact) mass is 435 g/mol. The minimum atomic E-state index is -0.219. The SMILES string of the molecule is CCN1CCc2noc(C3CCN(C(=O)Cn4nc(C)c5ccccc5c4=O)CC3)c2C1. The first-order valence-electron chi connectivity index (χ1n) is 11.5. The van der Waals surface area contributed by atoms with E-state index in [9.17, 15) is 9.59 Å². The first-order chi connectivity index (χ1) is 15.5. The fourth-order valence-electron chi connectivity index (χ4n) is 5.01. The highest BCUT2D eigenvalue weighted by Gasteiger charge is 2.31. The molecule has 0 N–H and O–H groups in total. The van der Waals surface area contributed by atoms with Gasteiger partial charge in [0.2, 0.25) is 5.91 Å². The van der Waals surface area contributed by atoms with Gasteiger partial charge in [0.1, 0.15) is 12.3 Å². The van der Waals surface area contributed by atoms with Gasteiger partial charge in [0.25, 0.3) is 5.56 Å². The summed E-state index contributed by atoms with van der Waals surface area (Å²) in [7, 11) is 0. The lowest BCUT2D eigenvalue weighted by Crippen LogP contribution is -2.42. The van der Waals surface area contributed by atoms with Crippen LogP contribution in [0.2, 0.25) is 0 Å². The Morgan fingerprint density at radius 2 is 1.91 bits per heavy atom. The second kappa shape index (κ2) is 8.50. The standard InChI is InChI=1S/C24H29N5O3/c1-3-27-11-10-21-20(14-27)23(32-26-21)17-8-12-28(13-9-17)22(30)15-29-24(31)19-7-5-4-6-18(19)16(2)25-29/h4-7,17H,3,8-15H2,1-2H3. The van der Waals surface area contributed by atoms with E-state index >= 15 is 0 Å². The number of amides is 1. The summed E-state index contributed by atoms with van der Waals surface area (Å²) in [6.07, 6.45) is 2.63. The largest absolute Gasteiger partial charge is 0.360 e. The van der Waals surface area contributed by atoms with Gasteiger partial charge in [0, 0.05) is 49.5 Å². The molecular formula is C24H29N5O3. The Hall–Kier alpha value is -3.00. The Morgan fingerprint density at radius 3 is 2.66 bits per heavy atom. The number of nitrogens with zero attached hydrogens (tertiary/aromatic N) is 5. The Bertz CT molecular complexity index is 1210. The lowest BCUT2D eigenvalue weighted by atomic mass is 9.90. The lowest BCUT2D eigenvalue weighted by molar-refractivity contribution is -0.133. The molecule has 0 saturated carbocycles. The molecule has 1 fully saturated rings. The average Bonchev–Trinajstić information content (AvgIpc) is 3.25. The molecule has 2 aliphatic heterocycles. The molecule has 3 aromatic rings. The topological polar surface area (TPSA) is 84.5 Å². The third-order valence-electron chi connectivity index (χ3n) is 6.95. The van der Waals surface area contributed by atoms with E-state index in [0.717, 1.165) is 61.4 Å². The van der Waals surface area contributed by atoms with Gasteiger partial charge in [-0.3, -0.25) is 14.5 Å².